The number of halogens is 1. The lowest BCUT2D eigenvalue weighted by Crippen LogP contribution is -2.40. The maximum atomic E-state index is 14.0. The van der Waals surface area contributed by atoms with Crippen molar-refractivity contribution in [1.82, 2.24) is 4.57 Å². The third-order valence-corrected chi connectivity index (χ3v) is 8.08. The Morgan fingerprint density at radius 2 is 1.82 bits per heavy atom. The van der Waals surface area contributed by atoms with Crippen LogP contribution in [-0.2, 0) is 19.1 Å². The van der Waals surface area contributed by atoms with Crippen molar-refractivity contribution < 1.29 is 38.2 Å². The third kappa shape index (κ3) is 7.09. The quantitative estimate of drug-likeness (QED) is 0.154. The number of carbonyl (C=O) groups is 2. The Kier molecular flexibility index (Phi) is 10.8. The molecule has 2 heterocycles. The lowest BCUT2D eigenvalue weighted by Gasteiger charge is -2.25. The van der Waals surface area contributed by atoms with E-state index in [0.29, 0.717) is 26.1 Å². The molecule has 1 aliphatic heterocycles. The first-order valence-electron chi connectivity index (χ1n) is 13.8. The molecule has 1 aliphatic rings. The fourth-order valence-electron chi connectivity index (χ4n) is 4.64. The van der Waals surface area contributed by atoms with E-state index in [-0.39, 0.29) is 59.5 Å². The second kappa shape index (κ2) is 14.5. The lowest BCUT2D eigenvalue weighted by atomic mass is 9.95. The molecule has 4 rings (SSSR count). The van der Waals surface area contributed by atoms with Crippen LogP contribution >= 0.6 is 27.3 Å². The van der Waals surface area contributed by atoms with Crippen molar-refractivity contribution in [3.8, 4) is 17.2 Å². The highest BCUT2D eigenvalue weighted by atomic mass is 79.9. The van der Waals surface area contributed by atoms with Crippen LogP contribution in [0.2, 0.25) is 0 Å². The fourth-order valence-corrected chi connectivity index (χ4v) is 6.27. The number of esters is 2. The topological polar surface area (TPSA) is 158 Å². The number of thiazole rings is 1. The predicted octanol–water partition coefficient (Wildman–Crippen LogP) is 3.82. The van der Waals surface area contributed by atoms with Gasteiger partial charge in [-0.2, -0.15) is 0 Å². The van der Waals surface area contributed by atoms with Crippen molar-refractivity contribution in [2.24, 2.45) is 4.99 Å². The van der Waals surface area contributed by atoms with Crippen LogP contribution in [0.4, 0.5) is 5.69 Å². The molecule has 0 radical (unpaired) electrons. The van der Waals surface area contributed by atoms with Gasteiger partial charge in [0.25, 0.3) is 5.56 Å². The zero-order valence-corrected chi connectivity index (χ0v) is 27.5. The Hall–Kier alpha value is -4.50. The molecule has 0 fully saturated rings. The van der Waals surface area contributed by atoms with Crippen molar-refractivity contribution in [1.29, 1.82) is 0 Å². The van der Waals surface area contributed by atoms with E-state index in [1.807, 2.05) is 0 Å². The third-order valence-electron chi connectivity index (χ3n) is 6.50. The Morgan fingerprint density at radius 1 is 1.09 bits per heavy atom. The van der Waals surface area contributed by atoms with Crippen LogP contribution in [0.25, 0.3) is 6.08 Å². The number of benzene rings is 2. The highest BCUT2D eigenvalue weighted by Gasteiger charge is 2.34. The summed E-state index contributed by atoms with van der Waals surface area (Å²) in [7, 11) is 1.25. The summed E-state index contributed by atoms with van der Waals surface area (Å²) < 4.78 is 28.8. The Balaban J connectivity index is 1.92. The first-order chi connectivity index (χ1) is 21.5. The number of ether oxygens (including phenoxy) is 5. The maximum Gasteiger partial charge on any atom is 0.343 e. The van der Waals surface area contributed by atoms with Gasteiger partial charge < -0.3 is 23.7 Å². The summed E-state index contributed by atoms with van der Waals surface area (Å²) in [6, 6.07) is 6.84. The number of fused-ring (bicyclic) bond motifs is 1. The summed E-state index contributed by atoms with van der Waals surface area (Å²) in [6.45, 7) is 7.06. The molecule has 0 aliphatic carbocycles. The van der Waals surface area contributed by atoms with Gasteiger partial charge in [0.15, 0.2) is 22.9 Å². The van der Waals surface area contributed by atoms with Gasteiger partial charge in [-0.05, 0) is 79.0 Å². The number of hydrogen-bond acceptors (Lipinski definition) is 12. The van der Waals surface area contributed by atoms with Gasteiger partial charge in [0.2, 0.25) is 5.75 Å². The average Bonchev–Trinajstić information content (AvgIpc) is 3.30. The van der Waals surface area contributed by atoms with Crippen molar-refractivity contribution in [2.45, 2.75) is 33.7 Å². The SMILES string of the molecule is CCOC(=O)C1=C(C)N=c2s/c(=C/c3cc(Br)c(OCC)c([N+](=O)[O-])c3)c(=O)n2[C@@H]1c1ccc(OCC(=O)OC)c(OCC)c1. The largest absolute Gasteiger partial charge is 0.490 e. The standard InChI is InChI=1S/C30H30BrN3O10S/c1-6-41-22-14-18(9-10-21(22)44-15-24(35)40-5)26-25(29(37)43-8-3)16(4)32-30-33(26)28(36)23(45-30)13-17-11-19(31)27(42-7-2)20(12-17)34(38)39/h9-14,26H,6-8,15H2,1-5H3/b23-13+/t26-/m1/s1. The number of rotatable bonds is 12. The second-order valence-electron chi connectivity index (χ2n) is 9.35. The highest BCUT2D eigenvalue weighted by Crippen LogP contribution is 2.38. The monoisotopic (exact) mass is 703 g/mol. The summed E-state index contributed by atoms with van der Waals surface area (Å²) >= 11 is 4.41. The van der Waals surface area contributed by atoms with Crippen molar-refractivity contribution in [2.75, 3.05) is 33.5 Å². The van der Waals surface area contributed by atoms with E-state index < -0.39 is 28.5 Å². The van der Waals surface area contributed by atoms with E-state index in [9.17, 15) is 24.5 Å². The Labute approximate surface area is 269 Å². The molecule has 0 bridgehead atoms. The number of aromatic nitrogens is 1. The van der Waals surface area contributed by atoms with Crippen LogP contribution in [0.5, 0.6) is 17.2 Å². The molecule has 2 aromatic carbocycles. The first-order valence-corrected chi connectivity index (χ1v) is 15.4. The van der Waals surface area contributed by atoms with E-state index in [0.717, 1.165) is 11.3 Å². The van der Waals surface area contributed by atoms with Gasteiger partial charge in [0.1, 0.15) is 0 Å². The van der Waals surface area contributed by atoms with Crippen LogP contribution in [0.1, 0.15) is 44.9 Å². The maximum absolute atomic E-state index is 14.0. The predicted molar refractivity (Wildman–Crippen MR) is 167 cm³/mol. The number of nitro benzene ring substituents is 1. The molecule has 15 heteroatoms. The summed E-state index contributed by atoms with van der Waals surface area (Å²) in [5.74, 6) is -0.598. The van der Waals surface area contributed by atoms with Crippen molar-refractivity contribution >= 4 is 51.0 Å². The van der Waals surface area contributed by atoms with Gasteiger partial charge in [-0.1, -0.05) is 17.4 Å². The van der Waals surface area contributed by atoms with Crippen LogP contribution in [0.15, 0.2) is 55.9 Å². The summed E-state index contributed by atoms with van der Waals surface area (Å²) in [4.78, 5) is 55.1. The van der Waals surface area contributed by atoms with Gasteiger partial charge in [-0.25, -0.2) is 14.6 Å². The summed E-state index contributed by atoms with van der Waals surface area (Å²) in [5.41, 5.74) is 0.644. The average molecular weight is 705 g/mol. The number of methoxy groups -OCH3 is 1. The smallest absolute Gasteiger partial charge is 0.343 e. The molecule has 13 nitrogen and oxygen atoms in total. The van der Waals surface area contributed by atoms with Crippen LogP contribution < -0.4 is 29.1 Å². The van der Waals surface area contributed by atoms with E-state index in [1.54, 1.807) is 52.0 Å². The lowest BCUT2D eigenvalue weighted by molar-refractivity contribution is -0.385. The van der Waals surface area contributed by atoms with E-state index in [2.05, 4.69) is 25.7 Å². The number of carbonyl (C=O) groups excluding carboxylic acids is 2. The molecule has 0 N–H and O–H groups in total. The van der Waals surface area contributed by atoms with Gasteiger partial charge >= 0.3 is 17.6 Å². The Morgan fingerprint density at radius 3 is 2.47 bits per heavy atom. The Bertz CT molecular complexity index is 1860. The fraction of sp³-hybridized carbons (Fsp3) is 0.333. The molecule has 0 amide bonds. The molecule has 45 heavy (non-hydrogen) atoms. The van der Waals surface area contributed by atoms with Crippen LogP contribution in [-0.4, -0.2) is 55.0 Å². The minimum Gasteiger partial charge on any atom is -0.490 e. The number of hydrogen-bond donors (Lipinski definition) is 0. The minimum atomic E-state index is -0.960. The molecule has 0 saturated carbocycles. The van der Waals surface area contributed by atoms with E-state index in [1.165, 1.54) is 23.8 Å². The van der Waals surface area contributed by atoms with Crippen LogP contribution in [0, 0.1) is 10.1 Å². The summed E-state index contributed by atoms with van der Waals surface area (Å²) in [5, 5.41) is 11.8. The van der Waals surface area contributed by atoms with E-state index >= 15 is 0 Å². The molecule has 0 unspecified atom stereocenters. The number of nitro groups is 1. The van der Waals surface area contributed by atoms with E-state index in [4.69, 9.17) is 18.9 Å². The molecular weight excluding hydrogens is 674 g/mol. The highest BCUT2D eigenvalue weighted by molar-refractivity contribution is 9.10. The van der Waals surface area contributed by atoms with Gasteiger partial charge in [0.05, 0.1) is 58.2 Å². The van der Waals surface area contributed by atoms with Crippen molar-refractivity contribution in [3.63, 3.8) is 0 Å². The molecule has 0 spiro atoms. The van der Waals surface area contributed by atoms with Gasteiger partial charge in [-0.3, -0.25) is 19.5 Å². The van der Waals surface area contributed by atoms with Crippen molar-refractivity contribution in [3.05, 3.63) is 87.0 Å². The summed E-state index contributed by atoms with van der Waals surface area (Å²) in [6.07, 6.45) is 1.52. The normalized spacial score (nSPS) is 14.4. The number of nitrogens with zero attached hydrogens (tertiary/aromatic N) is 3. The second-order valence-corrected chi connectivity index (χ2v) is 11.2. The molecule has 3 aromatic rings. The van der Waals surface area contributed by atoms with Gasteiger partial charge in [-0.15, -0.1) is 0 Å². The zero-order valence-electron chi connectivity index (χ0n) is 25.1. The number of allylic oxidation sites excluding steroid dienone is 1. The zero-order chi connectivity index (χ0) is 32.8. The van der Waals surface area contributed by atoms with Gasteiger partial charge in [0, 0.05) is 6.07 Å². The van der Waals surface area contributed by atoms with Crippen LogP contribution in [0.3, 0.4) is 0 Å². The first kappa shape index (κ1) is 33.4. The molecule has 1 atom stereocenters. The molecule has 0 saturated heterocycles. The molecular formula is C30H30BrN3O10S. The molecule has 238 valence electrons. The molecule has 1 aromatic heterocycles. The minimum absolute atomic E-state index is 0.0833.